The standard InChI is InChI=1S/C14H20N2O/c1-14(2)9-6-10-16(14)13(17)12(15)11-7-4-3-5-8-11/h3-5,7-8,12H,6,9-10,15H2,1-2H3/t12-/m0/s1. The molecule has 17 heavy (non-hydrogen) atoms. The van der Waals surface area contributed by atoms with Crippen LogP contribution in [0.4, 0.5) is 0 Å². The van der Waals surface area contributed by atoms with E-state index < -0.39 is 6.04 Å². The Morgan fingerprint density at radius 3 is 2.53 bits per heavy atom. The molecule has 0 aliphatic carbocycles. The van der Waals surface area contributed by atoms with Crippen molar-refractivity contribution in [2.75, 3.05) is 6.54 Å². The van der Waals surface area contributed by atoms with Crippen LogP contribution in [0, 0.1) is 0 Å². The van der Waals surface area contributed by atoms with Crippen molar-refractivity contribution in [1.82, 2.24) is 4.90 Å². The largest absolute Gasteiger partial charge is 0.336 e. The summed E-state index contributed by atoms with van der Waals surface area (Å²) >= 11 is 0. The molecule has 3 nitrogen and oxygen atoms in total. The molecule has 2 rings (SSSR count). The molecule has 1 aromatic carbocycles. The normalized spacial score (nSPS) is 20.3. The van der Waals surface area contributed by atoms with Crippen LogP contribution in [0.2, 0.25) is 0 Å². The maximum atomic E-state index is 12.4. The van der Waals surface area contributed by atoms with Gasteiger partial charge in [0.05, 0.1) is 0 Å². The van der Waals surface area contributed by atoms with Crippen LogP contribution in [0.25, 0.3) is 0 Å². The SMILES string of the molecule is CC1(C)CCCN1C(=O)[C@@H](N)c1ccccc1. The van der Waals surface area contributed by atoms with Crippen LogP contribution >= 0.6 is 0 Å². The van der Waals surface area contributed by atoms with Crippen LogP contribution in [0.3, 0.4) is 0 Å². The van der Waals surface area contributed by atoms with E-state index in [-0.39, 0.29) is 11.4 Å². The van der Waals surface area contributed by atoms with Gasteiger partial charge < -0.3 is 10.6 Å². The maximum Gasteiger partial charge on any atom is 0.244 e. The molecule has 0 unspecified atom stereocenters. The molecular weight excluding hydrogens is 212 g/mol. The lowest BCUT2D eigenvalue weighted by Gasteiger charge is -2.33. The van der Waals surface area contributed by atoms with Gasteiger partial charge in [0.25, 0.3) is 0 Å². The summed E-state index contributed by atoms with van der Waals surface area (Å²) in [5.41, 5.74) is 6.89. The molecule has 1 saturated heterocycles. The summed E-state index contributed by atoms with van der Waals surface area (Å²) in [4.78, 5) is 14.3. The van der Waals surface area contributed by atoms with Crippen molar-refractivity contribution < 1.29 is 4.79 Å². The Labute approximate surface area is 103 Å². The number of carbonyl (C=O) groups excluding carboxylic acids is 1. The third kappa shape index (κ3) is 2.34. The van der Waals surface area contributed by atoms with Crippen molar-refractivity contribution in [3.63, 3.8) is 0 Å². The summed E-state index contributed by atoms with van der Waals surface area (Å²) in [6, 6.07) is 9.04. The van der Waals surface area contributed by atoms with Gasteiger partial charge in [0.2, 0.25) is 5.91 Å². The van der Waals surface area contributed by atoms with Crippen LogP contribution in [0.1, 0.15) is 38.3 Å². The molecule has 1 aliphatic heterocycles. The molecule has 92 valence electrons. The molecule has 0 saturated carbocycles. The summed E-state index contributed by atoms with van der Waals surface area (Å²) in [7, 11) is 0. The molecule has 3 heteroatoms. The van der Waals surface area contributed by atoms with Gasteiger partial charge in [-0.1, -0.05) is 30.3 Å². The van der Waals surface area contributed by atoms with Gasteiger partial charge in [-0.25, -0.2) is 0 Å². The number of nitrogens with two attached hydrogens (primary N) is 1. The highest BCUT2D eigenvalue weighted by atomic mass is 16.2. The van der Waals surface area contributed by atoms with Crippen molar-refractivity contribution in [2.24, 2.45) is 5.73 Å². The fourth-order valence-corrected chi connectivity index (χ4v) is 2.49. The number of nitrogens with zero attached hydrogens (tertiary/aromatic N) is 1. The fraction of sp³-hybridized carbons (Fsp3) is 0.500. The van der Waals surface area contributed by atoms with E-state index in [1.807, 2.05) is 35.2 Å². The second kappa shape index (κ2) is 4.49. The zero-order valence-electron chi connectivity index (χ0n) is 10.5. The number of hydrogen-bond acceptors (Lipinski definition) is 2. The topological polar surface area (TPSA) is 46.3 Å². The van der Waals surface area contributed by atoms with E-state index in [0.29, 0.717) is 0 Å². The third-order valence-electron chi connectivity index (χ3n) is 3.59. The smallest absolute Gasteiger partial charge is 0.244 e. The van der Waals surface area contributed by atoms with E-state index >= 15 is 0 Å². The minimum absolute atomic E-state index is 0.0405. The average molecular weight is 232 g/mol. The lowest BCUT2D eigenvalue weighted by Crippen LogP contribution is -2.46. The predicted octanol–water partition coefficient (Wildman–Crippen LogP) is 2.09. The summed E-state index contributed by atoms with van der Waals surface area (Å²) in [5, 5.41) is 0. The molecule has 1 aromatic rings. The lowest BCUT2D eigenvalue weighted by molar-refractivity contribution is -0.135. The first-order valence-corrected chi connectivity index (χ1v) is 6.14. The average Bonchev–Trinajstić information content (AvgIpc) is 2.68. The first kappa shape index (κ1) is 12.1. The van der Waals surface area contributed by atoms with Crippen molar-refractivity contribution in [3.8, 4) is 0 Å². The Morgan fingerprint density at radius 1 is 1.35 bits per heavy atom. The van der Waals surface area contributed by atoms with Crippen molar-refractivity contribution >= 4 is 5.91 Å². The number of carbonyl (C=O) groups is 1. The van der Waals surface area contributed by atoms with Crippen molar-refractivity contribution in [1.29, 1.82) is 0 Å². The van der Waals surface area contributed by atoms with E-state index in [2.05, 4.69) is 13.8 Å². The molecule has 1 atom stereocenters. The number of hydrogen-bond donors (Lipinski definition) is 1. The van der Waals surface area contributed by atoms with Crippen molar-refractivity contribution in [3.05, 3.63) is 35.9 Å². The quantitative estimate of drug-likeness (QED) is 0.848. The van der Waals surface area contributed by atoms with Gasteiger partial charge in [-0.05, 0) is 32.3 Å². The Hall–Kier alpha value is -1.35. The van der Waals surface area contributed by atoms with Gasteiger partial charge in [0.1, 0.15) is 6.04 Å². The van der Waals surface area contributed by atoms with E-state index in [9.17, 15) is 4.79 Å². The zero-order chi connectivity index (χ0) is 12.5. The monoisotopic (exact) mass is 232 g/mol. The summed E-state index contributed by atoms with van der Waals surface area (Å²) in [6.45, 7) is 5.04. The number of likely N-dealkylation sites (tertiary alicyclic amines) is 1. The van der Waals surface area contributed by atoms with E-state index in [0.717, 1.165) is 24.9 Å². The second-order valence-electron chi connectivity index (χ2n) is 5.29. The Morgan fingerprint density at radius 2 is 2.00 bits per heavy atom. The molecule has 0 bridgehead atoms. The van der Waals surface area contributed by atoms with E-state index in [1.54, 1.807) is 0 Å². The highest BCUT2D eigenvalue weighted by molar-refractivity contribution is 5.84. The van der Waals surface area contributed by atoms with Gasteiger partial charge in [-0.2, -0.15) is 0 Å². The van der Waals surface area contributed by atoms with Crippen LogP contribution < -0.4 is 5.73 Å². The van der Waals surface area contributed by atoms with Gasteiger partial charge in [0, 0.05) is 12.1 Å². The van der Waals surface area contributed by atoms with Gasteiger partial charge in [0.15, 0.2) is 0 Å². The van der Waals surface area contributed by atoms with Crippen LogP contribution in [-0.4, -0.2) is 22.9 Å². The molecule has 1 aliphatic rings. The Balaban J connectivity index is 2.16. The van der Waals surface area contributed by atoms with E-state index in [1.165, 1.54) is 0 Å². The molecule has 0 spiro atoms. The molecule has 1 amide bonds. The van der Waals surface area contributed by atoms with Crippen LogP contribution in [-0.2, 0) is 4.79 Å². The molecule has 1 fully saturated rings. The lowest BCUT2D eigenvalue weighted by atomic mass is 10.00. The fourth-order valence-electron chi connectivity index (χ4n) is 2.49. The third-order valence-corrected chi connectivity index (χ3v) is 3.59. The number of rotatable bonds is 2. The van der Waals surface area contributed by atoms with Gasteiger partial charge >= 0.3 is 0 Å². The summed E-state index contributed by atoms with van der Waals surface area (Å²) in [5.74, 6) is 0.0405. The molecule has 1 heterocycles. The molecule has 0 radical (unpaired) electrons. The van der Waals surface area contributed by atoms with Gasteiger partial charge in [-0.15, -0.1) is 0 Å². The second-order valence-corrected chi connectivity index (χ2v) is 5.29. The van der Waals surface area contributed by atoms with E-state index in [4.69, 9.17) is 5.73 Å². The first-order chi connectivity index (χ1) is 8.02. The highest BCUT2D eigenvalue weighted by Gasteiger charge is 2.37. The minimum atomic E-state index is -0.534. The predicted molar refractivity (Wildman–Crippen MR) is 68.4 cm³/mol. The Kier molecular flexibility index (Phi) is 3.20. The number of benzene rings is 1. The highest BCUT2D eigenvalue weighted by Crippen LogP contribution is 2.30. The Bertz CT molecular complexity index is 400. The van der Waals surface area contributed by atoms with Crippen molar-refractivity contribution in [2.45, 2.75) is 38.3 Å². The summed E-state index contributed by atoms with van der Waals surface area (Å²) < 4.78 is 0. The molecule has 2 N–H and O–H groups in total. The molecular formula is C14H20N2O. The van der Waals surface area contributed by atoms with Gasteiger partial charge in [-0.3, -0.25) is 4.79 Å². The zero-order valence-corrected chi connectivity index (χ0v) is 10.5. The first-order valence-electron chi connectivity index (χ1n) is 6.14. The van der Waals surface area contributed by atoms with Crippen LogP contribution in [0.15, 0.2) is 30.3 Å². The summed E-state index contributed by atoms with van der Waals surface area (Å²) in [6.07, 6.45) is 2.13. The maximum absolute atomic E-state index is 12.4. The minimum Gasteiger partial charge on any atom is -0.336 e. The number of amides is 1. The van der Waals surface area contributed by atoms with Crippen LogP contribution in [0.5, 0.6) is 0 Å². The molecule has 0 aromatic heterocycles.